The summed E-state index contributed by atoms with van der Waals surface area (Å²) in [6.45, 7) is 0.266. The molecule has 0 aliphatic carbocycles. The molecule has 0 spiro atoms. The largest absolute Gasteiger partial charge is 0.497 e. The quantitative estimate of drug-likeness (QED) is 0.343. The van der Waals surface area contributed by atoms with Crippen molar-refractivity contribution in [1.82, 2.24) is 0 Å². The van der Waals surface area contributed by atoms with Gasteiger partial charge < -0.3 is 14.2 Å². The van der Waals surface area contributed by atoms with Crippen LogP contribution in [0.4, 0.5) is 0 Å². The zero-order valence-electron chi connectivity index (χ0n) is 16.5. The molecule has 0 radical (unpaired) electrons. The number of benzene rings is 3. The summed E-state index contributed by atoms with van der Waals surface area (Å²) in [4.78, 5) is 16.7. The zero-order valence-corrected chi connectivity index (χ0v) is 18.0. The average molecular weight is 454 g/mol. The van der Waals surface area contributed by atoms with Crippen molar-refractivity contribution in [3.63, 3.8) is 0 Å². The van der Waals surface area contributed by atoms with Gasteiger partial charge in [-0.05, 0) is 54.1 Å². The molecule has 3 aromatic carbocycles. The number of rotatable bonds is 6. The van der Waals surface area contributed by atoms with E-state index >= 15 is 0 Å². The third-order valence-corrected chi connectivity index (χ3v) is 5.27. The van der Waals surface area contributed by atoms with E-state index in [0.29, 0.717) is 27.1 Å². The maximum atomic E-state index is 12.4. The van der Waals surface area contributed by atoms with E-state index in [-0.39, 0.29) is 18.2 Å². The fraction of sp³-hybridized carbons (Fsp3) is 0.0833. The van der Waals surface area contributed by atoms with Crippen LogP contribution in [0.2, 0.25) is 10.0 Å². The van der Waals surface area contributed by atoms with Crippen molar-refractivity contribution >= 4 is 41.1 Å². The molecule has 0 saturated carbocycles. The lowest BCUT2D eigenvalue weighted by Gasteiger charge is -2.11. The van der Waals surface area contributed by atoms with E-state index < -0.39 is 5.97 Å². The fourth-order valence-corrected chi connectivity index (χ4v) is 3.27. The van der Waals surface area contributed by atoms with E-state index in [4.69, 9.17) is 37.4 Å². The second-order valence-corrected chi connectivity index (χ2v) is 7.46. The molecule has 0 fully saturated rings. The topological polar surface area (TPSA) is 57.1 Å². The monoisotopic (exact) mass is 453 g/mol. The number of cyclic esters (lactones) is 1. The Morgan fingerprint density at radius 3 is 2.55 bits per heavy atom. The molecule has 0 amide bonds. The van der Waals surface area contributed by atoms with Gasteiger partial charge in [-0.3, -0.25) is 0 Å². The standard InChI is InChI=1S/C24H17Cl2NO4/c1-29-18-8-10-22(30-14-15-7-9-19(25)20(26)11-15)17(12-18)13-21-24(28)31-23(27-21)16-5-3-2-4-6-16/h2-13H,14H2,1H3/b21-13+. The Bertz CT molecular complexity index is 1190. The fourth-order valence-electron chi connectivity index (χ4n) is 2.95. The van der Waals surface area contributed by atoms with Gasteiger partial charge in [-0.25, -0.2) is 9.79 Å². The van der Waals surface area contributed by atoms with Crippen molar-refractivity contribution in [3.8, 4) is 11.5 Å². The highest BCUT2D eigenvalue weighted by molar-refractivity contribution is 6.42. The number of hydrogen-bond acceptors (Lipinski definition) is 5. The minimum Gasteiger partial charge on any atom is -0.497 e. The van der Waals surface area contributed by atoms with E-state index in [0.717, 1.165) is 11.1 Å². The smallest absolute Gasteiger partial charge is 0.363 e. The highest BCUT2D eigenvalue weighted by Gasteiger charge is 2.24. The molecule has 0 saturated heterocycles. The zero-order chi connectivity index (χ0) is 21.8. The summed E-state index contributed by atoms with van der Waals surface area (Å²) in [7, 11) is 1.57. The van der Waals surface area contributed by atoms with E-state index in [2.05, 4.69) is 4.99 Å². The van der Waals surface area contributed by atoms with Gasteiger partial charge in [0.2, 0.25) is 5.90 Å². The van der Waals surface area contributed by atoms with Gasteiger partial charge in [-0.1, -0.05) is 47.5 Å². The van der Waals surface area contributed by atoms with Gasteiger partial charge in [-0.15, -0.1) is 0 Å². The SMILES string of the molecule is COc1ccc(OCc2ccc(Cl)c(Cl)c2)c(/C=C2/N=C(c3ccccc3)OC2=O)c1. The summed E-state index contributed by atoms with van der Waals surface area (Å²) in [6.07, 6.45) is 1.62. The van der Waals surface area contributed by atoms with Gasteiger partial charge in [0, 0.05) is 11.1 Å². The first-order valence-electron chi connectivity index (χ1n) is 9.36. The first-order valence-corrected chi connectivity index (χ1v) is 10.1. The molecule has 0 N–H and O–H groups in total. The molecule has 5 nitrogen and oxygen atoms in total. The third-order valence-electron chi connectivity index (χ3n) is 4.53. The Kier molecular flexibility index (Phi) is 6.26. The summed E-state index contributed by atoms with van der Waals surface area (Å²) < 4.78 is 16.6. The molecule has 1 aliphatic heterocycles. The van der Waals surface area contributed by atoms with Crippen LogP contribution >= 0.6 is 23.2 Å². The minimum absolute atomic E-state index is 0.173. The summed E-state index contributed by atoms with van der Waals surface area (Å²) in [5.41, 5.74) is 2.38. The predicted octanol–water partition coefficient (Wildman–Crippen LogP) is 5.93. The van der Waals surface area contributed by atoms with Gasteiger partial charge in [0.25, 0.3) is 0 Å². The van der Waals surface area contributed by atoms with E-state index in [1.165, 1.54) is 0 Å². The highest BCUT2D eigenvalue weighted by atomic mass is 35.5. The van der Waals surface area contributed by atoms with Gasteiger partial charge in [0.1, 0.15) is 18.1 Å². The van der Waals surface area contributed by atoms with Crippen LogP contribution < -0.4 is 9.47 Å². The van der Waals surface area contributed by atoms with Crippen LogP contribution in [-0.4, -0.2) is 19.0 Å². The summed E-state index contributed by atoms with van der Waals surface area (Å²) >= 11 is 12.1. The van der Waals surface area contributed by atoms with E-state index in [1.54, 1.807) is 43.5 Å². The number of esters is 1. The molecule has 4 rings (SSSR count). The molecular weight excluding hydrogens is 437 g/mol. The number of nitrogens with zero attached hydrogens (tertiary/aromatic N) is 1. The average Bonchev–Trinajstić information content (AvgIpc) is 3.16. The first-order chi connectivity index (χ1) is 15.0. The van der Waals surface area contributed by atoms with Gasteiger partial charge in [0.05, 0.1) is 17.2 Å². The van der Waals surface area contributed by atoms with Crippen LogP contribution in [-0.2, 0) is 16.1 Å². The molecule has 0 atom stereocenters. The third kappa shape index (κ3) is 4.90. The lowest BCUT2D eigenvalue weighted by Crippen LogP contribution is -2.05. The normalized spacial score (nSPS) is 14.4. The van der Waals surface area contributed by atoms with Crippen molar-refractivity contribution in [2.24, 2.45) is 4.99 Å². The predicted molar refractivity (Wildman–Crippen MR) is 121 cm³/mol. The summed E-state index contributed by atoms with van der Waals surface area (Å²) in [5, 5.41) is 0.934. The van der Waals surface area contributed by atoms with Crippen LogP contribution in [0.1, 0.15) is 16.7 Å². The number of methoxy groups -OCH3 is 1. The second-order valence-electron chi connectivity index (χ2n) is 6.64. The van der Waals surface area contributed by atoms with Gasteiger partial charge in [0.15, 0.2) is 5.70 Å². The number of carbonyl (C=O) groups is 1. The Morgan fingerprint density at radius 1 is 1.00 bits per heavy atom. The molecule has 31 heavy (non-hydrogen) atoms. The Hall–Kier alpha value is -3.28. The number of ether oxygens (including phenoxy) is 3. The molecule has 7 heteroatoms. The number of aliphatic imine (C=N–C) groups is 1. The highest BCUT2D eigenvalue weighted by Crippen LogP contribution is 2.30. The lowest BCUT2D eigenvalue weighted by atomic mass is 10.1. The van der Waals surface area contributed by atoms with Crippen LogP contribution in [0.3, 0.4) is 0 Å². The summed E-state index contributed by atoms with van der Waals surface area (Å²) in [6, 6.07) is 19.8. The van der Waals surface area contributed by atoms with E-state index in [9.17, 15) is 4.79 Å². The van der Waals surface area contributed by atoms with Crippen molar-refractivity contribution in [1.29, 1.82) is 0 Å². The molecule has 0 bridgehead atoms. The molecule has 0 aromatic heterocycles. The molecule has 1 heterocycles. The molecule has 0 unspecified atom stereocenters. The minimum atomic E-state index is -0.530. The van der Waals surface area contributed by atoms with Crippen LogP contribution in [0, 0.1) is 0 Å². The van der Waals surface area contributed by atoms with Crippen molar-refractivity contribution in [2.45, 2.75) is 6.61 Å². The van der Waals surface area contributed by atoms with Crippen LogP contribution in [0.25, 0.3) is 6.08 Å². The molecule has 3 aromatic rings. The maximum absolute atomic E-state index is 12.4. The molecule has 156 valence electrons. The number of hydrogen-bond donors (Lipinski definition) is 0. The Balaban J connectivity index is 1.63. The van der Waals surface area contributed by atoms with Crippen molar-refractivity contribution in [3.05, 3.63) is 99.2 Å². The van der Waals surface area contributed by atoms with Crippen LogP contribution in [0.15, 0.2) is 77.4 Å². The lowest BCUT2D eigenvalue weighted by molar-refractivity contribution is -0.129. The van der Waals surface area contributed by atoms with Crippen molar-refractivity contribution < 1.29 is 19.0 Å². The maximum Gasteiger partial charge on any atom is 0.363 e. The Labute approximate surface area is 189 Å². The number of halogens is 2. The molecule has 1 aliphatic rings. The van der Waals surface area contributed by atoms with Gasteiger partial charge in [-0.2, -0.15) is 0 Å². The second kappa shape index (κ2) is 9.25. The van der Waals surface area contributed by atoms with Crippen LogP contribution in [0.5, 0.6) is 11.5 Å². The molecular formula is C24H17Cl2NO4. The first kappa shape index (κ1) is 21.0. The number of carbonyl (C=O) groups excluding carboxylic acids is 1. The van der Waals surface area contributed by atoms with E-state index in [1.807, 2.05) is 36.4 Å². The Morgan fingerprint density at radius 2 is 1.81 bits per heavy atom. The van der Waals surface area contributed by atoms with Crippen molar-refractivity contribution in [2.75, 3.05) is 7.11 Å². The van der Waals surface area contributed by atoms with Gasteiger partial charge >= 0.3 is 5.97 Å². The summed E-state index contributed by atoms with van der Waals surface area (Å²) in [5.74, 6) is 0.901.